The lowest BCUT2D eigenvalue weighted by molar-refractivity contribution is 0.0702. The normalized spacial score (nSPS) is 21.6. The number of likely N-dealkylation sites (tertiary alicyclic amines) is 1. The largest absolute Gasteiger partial charge is 0.477 e. The molecule has 0 radical (unpaired) electrons. The zero-order valence-electron chi connectivity index (χ0n) is 18.2. The molecule has 2 N–H and O–H groups in total. The Morgan fingerprint density at radius 2 is 1.97 bits per heavy atom. The molecule has 1 atom stereocenters. The summed E-state index contributed by atoms with van der Waals surface area (Å²) in [5, 5.41) is 13.1. The predicted octanol–water partition coefficient (Wildman–Crippen LogP) is 4.83. The van der Waals surface area contributed by atoms with Crippen LogP contribution in [0.4, 0.5) is 0 Å². The Morgan fingerprint density at radius 3 is 2.74 bits per heavy atom. The van der Waals surface area contributed by atoms with Crippen LogP contribution in [-0.2, 0) is 12.8 Å². The van der Waals surface area contributed by atoms with Gasteiger partial charge in [0.1, 0.15) is 4.88 Å². The number of hydrogen-bond acceptors (Lipinski definition) is 4. The van der Waals surface area contributed by atoms with Crippen molar-refractivity contribution in [2.24, 2.45) is 5.92 Å². The first-order valence-electron chi connectivity index (χ1n) is 11.8. The van der Waals surface area contributed by atoms with Crippen LogP contribution >= 0.6 is 11.3 Å². The number of thiophene rings is 1. The number of hydrogen-bond donors (Lipinski definition) is 2. The van der Waals surface area contributed by atoms with E-state index in [1.807, 2.05) is 6.07 Å². The third kappa shape index (κ3) is 4.50. The summed E-state index contributed by atoms with van der Waals surface area (Å²) in [6.07, 6.45) is 8.10. The number of fused-ring (bicyclic) bond motifs is 2. The molecule has 1 aromatic heterocycles. The van der Waals surface area contributed by atoms with E-state index in [9.17, 15) is 9.90 Å². The predicted molar refractivity (Wildman–Crippen MR) is 127 cm³/mol. The van der Waals surface area contributed by atoms with Crippen molar-refractivity contribution in [2.75, 3.05) is 32.7 Å². The monoisotopic (exact) mass is 436 g/mol. The Morgan fingerprint density at radius 1 is 1.13 bits per heavy atom. The van der Waals surface area contributed by atoms with Gasteiger partial charge in [-0.15, -0.1) is 11.3 Å². The minimum atomic E-state index is -0.803. The highest BCUT2D eigenvalue weighted by Gasteiger charge is 2.26. The molecule has 1 unspecified atom stereocenters. The Balaban J connectivity index is 1.36. The molecule has 5 rings (SSSR count). The number of nitrogens with one attached hydrogen (secondary N) is 1. The lowest BCUT2D eigenvalue weighted by Gasteiger charge is -2.30. The summed E-state index contributed by atoms with van der Waals surface area (Å²) in [5.41, 5.74) is 6.76. The van der Waals surface area contributed by atoms with Crippen molar-refractivity contribution in [3.8, 4) is 0 Å². The number of nitrogens with zero attached hydrogens (tertiary/aromatic N) is 1. The second-order valence-electron chi connectivity index (χ2n) is 9.23. The van der Waals surface area contributed by atoms with Crippen molar-refractivity contribution in [1.82, 2.24) is 10.2 Å². The lowest BCUT2D eigenvalue weighted by Crippen LogP contribution is -2.32. The van der Waals surface area contributed by atoms with E-state index in [1.54, 1.807) is 0 Å². The molecule has 4 nitrogen and oxygen atoms in total. The standard InChI is InChI=1S/C26H32N2O2S/c29-26(30)24-16-22-23(31-24)8-7-19-5-1-2-6-21(19)25(22)20-10-14-28(15-11-20)13-3-4-18-9-12-27-17-18/h1-2,5-6,16,18,27H,3-4,7-15,17H2,(H,29,30). The molecule has 1 aliphatic carbocycles. The van der Waals surface area contributed by atoms with Gasteiger partial charge in [-0.3, -0.25) is 0 Å². The maximum absolute atomic E-state index is 11.7. The number of rotatable bonds is 5. The molecule has 3 heterocycles. The van der Waals surface area contributed by atoms with Crippen molar-refractivity contribution < 1.29 is 9.90 Å². The fraction of sp³-hybridized carbons (Fsp3) is 0.500. The first-order valence-corrected chi connectivity index (χ1v) is 12.6. The molecule has 0 saturated carbocycles. The summed E-state index contributed by atoms with van der Waals surface area (Å²) < 4.78 is 0. The third-order valence-corrected chi connectivity index (χ3v) is 8.44. The molecule has 0 bridgehead atoms. The van der Waals surface area contributed by atoms with Crippen molar-refractivity contribution in [3.63, 3.8) is 0 Å². The molecular formula is C26H32N2O2S. The molecule has 5 heteroatoms. The summed E-state index contributed by atoms with van der Waals surface area (Å²) in [5.74, 6) is 0.0772. The molecule has 2 aliphatic heterocycles. The van der Waals surface area contributed by atoms with E-state index >= 15 is 0 Å². The first-order chi connectivity index (χ1) is 15.2. The molecule has 2 saturated heterocycles. The van der Waals surface area contributed by atoms with Crippen LogP contribution in [0.25, 0.3) is 5.57 Å². The SMILES string of the molecule is O=C(O)c1cc2c(s1)CCc1ccccc1C2=C1CCN(CCCC2CCNC2)CC1. The Kier molecular flexibility index (Phi) is 6.26. The van der Waals surface area contributed by atoms with Crippen LogP contribution in [0, 0.1) is 5.92 Å². The van der Waals surface area contributed by atoms with Crippen LogP contribution in [0.2, 0.25) is 0 Å². The molecule has 164 valence electrons. The maximum atomic E-state index is 11.7. The van der Waals surface area contributed by atoms with E-state index in [2.05, 4.69) is 34.5 Å². The van der Waals surface area contributed by atoms with Gasteiger partial charge in [0, 0.05) is 18.0 Å². The van der Waals surface area contributed by atoms with Crippen molar-refractivity contribution in [3.05, 3.63) is 62.3 Å². The maximum Gasteiger partial charge on any atom is 0.345 e. The van der Waals surface area contributed by atoms with Crippen LogP contribution in [0.1, 0.15) is 63.3 Å². The third-order valence-electron chi connectivity index (χ3n) is 7.26. The van der Waals surface area contributed by atoms with Crippen LogP contribution in [0.3, 0.4) is 0 Å². The topological polar surface area (TPSA) is 52.6 Å². The molecule has 2 aromatic rings. The molecule has 0 amide bonds. The summed E-state index contributed by atoms with van der Waals surface area (Å²) in [6.45, 7) is 5.85. The van der Waals surface area contributed by atoms with E-state index in [-0.39, 0.29) is 0 Å². The molecular weight excluding hydrogens is 404 g/mol. The number of carboxylic acid groups (broad SMARTS) is 1. The summed E-state index contributed by atoms with van der Waals surface area (Å²) in [6, 6.07) is 10.7. The summed E-state index contributed by atoms with van der Waals surface area (Å²) >= 11 is 1.47. The quantitative estimate of drug-likeness (QED) is 0.705. The number of benzene rings is 1. The van der Waals surface area contributed by atoms with E-state index < -0.39 is 5.97 Å². The minimum absolute atomic E-state index is 0.473. The lowest BCUT2D eigenvalue weighted by atomic mass is 9.87. The second kappa shape index (κ2) is 9.27. The Labute approximate surface area is 189 Å². The van der Waals surface area contributed by atoms with Crippen molar-refractivity contribution >= 4 is 22.9 Å². The highest BCUT2D eigenvalue weighted by Crippen LogP contribution is 2.41. The summed E-state index contributed by atoms with van der Waals surface area (Å²) in [7, 11) is 0. The van der Waals surface area contributed by atoms with E-state index in [4.69, 9.17) is 0 Å². The molecule has 31 heavy (non-hydrogen) atoms. The van der Waals surface area contributed by atoms with Gasteiger partial charge in [0.05, 0.1) is 0 Å². The molecule has 2 fully saturated rings. The smallest absolute Gasteiger partial charge is 0.345 e. The fourth-order valence-corrected chi connectivity index (χ4v) is 6.55. The zero-order valence-corrected chi connectivity index (χ0v) is 19.0. The average molecular weight is 437 g/mol. The number of piperidine rings is 1. The number of carbonyl (C=O) groups is 1. The Hall–Kier alpha value is -1.95. The van der Waals surface area contributed by atoms with Gasteiger partial charge in [-0.1, -0.05) is 29.8 Å². The number of aryl methyl sites for hydroxylation is 2. The molecule has 0 spiro atoms. The minimum Gasteiger partial charge on any atom is -0.477 e. The van der Waals surface area contributed by atoms with Gasteiger partial charge < -0.3 is 15.3 Å². The second-order valence-corrected chi connectivity index (χ2v) is 10.4. The van der Waals surface area contributed by atoms with Gasteiger partial charge >= 0.3 is 5.97 Å². The van der Waals surface area contributed by atoms with Gasteiger partial charge in [0.15, 0.2) is 0 Å². The van der Waals surface area contributed by atoms with Crippen LogP contribution < -0.4 is 5.32 Å². The van der Waals surface area contributed by atoms with Crippen molar-refractivity contribution in [2.45, 2.75) is 44.9 Å². The van der Waals surface area contributed by atoms with Gasteiger partial charge in [0.25, 0.3) is 0 Å². The highest BCUT2D eigenvalue weighted by atomic mass is 32.1. The molecule has 3 aliphatic rings. The Bertz CT molecular complexity index is 977. The molecule has 1 aromatic carbocycles. The first kappa shape index (κ1) is 20.9. The number of aromatic carboxylic acids is 1. The van der Waals surface area contributed by atoms with Crippen LogP contribution in [0.15, 0.2) is 35.9 Å². The van der Waals surface area contributed by atoms with Crippen molar-refractivity contribution in [1.29, 1.82) is 0 Å². The zero-order chi connectivity index (χ0) is 21.2. The van der Waals surface area contributed by atoms with Gasteiger partial charge in [-0.25, -0.2) is 4.79 Å². The van der Waals surface area contributed by atoms with E-state index in [0.717, 1.165) is 44.7 Å². The average Bonchev–Trinajstić information content (AvgIpc) is 3.42. The summed E-state index contributed by atoms with van der Waals surface area (Å²) in [4.78, 5) is 16.0. The van der Waals surface area contributed by atoms with Gasteiger partial charge in [0.2, 0.25) is 0 Å². The van der Waals surface area contributed by atoms with Crippen LogP contribution in [-0.4, -0.2) is 48.7 Å². The van der Waals surface area contributed by atoms with E-state index in [1.165, 1.54) is 82.9 Å². The van der Waals surface area contributed by atoms with Crippen LogP contribution in [0.5, 0.6) is 0 Å². The van der Waals surface area contributed by atoms with Gasteiger partial charge in [-0.05, 0) is 98.8 Å². The fourth-order valence-electron chi connectivity index (χ4n) is 5.55. The van der Waals surface area contributed by atoms with Gasteiger partial charge in [-0.2, -0.15) is 0 Å². The number of carboxylic acids is 1. The van der Waals surface area contributed by atoms with E-state index in [0.29, 0.717) is 4.88 Å². The highest BCUT2D eigenvalue weighted by molar-refractivity contribution is 7.14.